The lowest BCUT2D eigenvalue weighted by Crippen LogP contribution is -2.51. The van der Waals surface area contributed by atoms with Crippen LogP contribution in [-0.2, 0) is 19.1 Å². The maximum absolute atomic E-state index is 12.9. The van der Waals surface area contributed by atoms with Crippen molar-refractivity contribution in [3.63, 3.8) is 0 Å². The Morgan fingerprint density at radius 1 is 1.22 bits per heavy atom. The van der Waals surface area contributed by atoms with Crippen molar-refractivity contribution in [2.75, 3.05) is 11.4 Å². The molecule has 0 aliphatic carbocycles. The van der Waals surface area contributed by atoms with Crippen molar-refractivity contribution in [3.05, 3.63) is 41.4 Å². The lowest BCUT2D eigenvalue weighted by atomic mass is 9.77. The molecule has 0 spiro atoms. The Morgan fingerprint density at radius 2 is 1.89 bits per heavy atom. The zero-order valence-electron chi connectivity index (χ0n) is 13.5. The van der Waals surface area contributed by atoms with Crippen LogP contribution < -0.4 is 10.2 Å². The first-order valence-corrected chi connectivity index (χ1v) is 8.37. The number of halogens is 4. The molecule has 2 saturated heterocycles. The molecule has 3 heterocycles. The van der Waals surface area contributed by atoms with Crippen LogP contribution in [0.3, 0.4) is 0 Å². The van der Waals surface area contributed by atoms with E-state index < -0.39 is 54.0 Å². The van der Waals surface area contributed by atoms with Crippen molar-refractivity contribution in [3.8, 4) is 0 Å². The summed E-state index contributed by atoms with van der Waals surface area (Å²) in [6.07, 6.45) is -2.79. The predicted octanol–water partition coefficient (Wildman–Crippen LogP) is 1.83. The van der Waals surface area contributed by atoms with Crippen molar-refractivity contribution < 1.29 is 32.3 Å². The summed E-state index contributed by atoms with van der Waals surface area (Å²) in [4.78, 5) is 37.9. The molecular weight excluding hydrogens is 389 g/mol. The third kappa shape index (κ3) is 2.64. The second-order valence-corrected chi connectivity index (χ2v) is 7.01. The molecule has 142 valence electrons. The van der Waals surface area contributed by atoms with E-state index >= 15 is 0 Å². The highest BCUT2D eigenvalue weighted by Gasteiger charge is 2.68. The van der Waals surface area contributed by atoms with E-state index in [1.807, 2.05) is 0 Å². The van der Waals surface area contributed by atoms with Gasteiger partial charge in [0.2, 0.25) is 11.8 Å². The average molecular weight is 401 g/mol. The van der Waals surface area contributed by atoms with Gasteiger partial charge in [-0.3, -0.25) is 14.4 Å². The molecule has 2 fully saturated rings. The predicted molar refractivity (Wildman–Crippen MR) is 86.7 cm³/mol. The maximum Gasteiger partial charge on any atom is 0.471 e. The van der Waals surface area contributed by atoms with E-state index in [2.05, 4.69) is 0 Å². The normalized spacial score (nSPS) is 31.6. The molecule has 4 atom stereocenters. The van der Waals surface area contributed by atoms with Crippen molar-refractivity contribution in [1.29, 1.82) is 0 Å². The number of hydrogen-bond donors (Lipinski definition) is 1. The summed E-state index contributed by atoms with van der Waals surface area (Å²) in [5, 5.41) is 2.18. The van der Waals surface area contributed by atoms with Crippen LogP contribution in [0.1, 0.15) is 0 Å². The highest BCUT2D eigenvalue weighted by atomic mass is 35.5. The molecule has 1 aromatic carbocycles. The SMILES string of the molecule is O=C1C2C3C=CC(CNC(=O)C(F)(F)F)(O3)C2C(=O)N1c1ccc(Cl)cc1. The van der Waals surface area contributed by atoms with Crippen molar-refractivity contribution in [1.82, 2.24) is 5.32 Å². The fourth-order valence-electron chi connectivity index (χ4n) is 3.87. The van der Waals surface area contributed by atoms with Crippen LogP contribution in [-0.4, -0.2) is 42.1 Å². The molecule has 27 heavy (non-hydrogen) atoms. The van der Waals surface area contributed by atoms with Gasteiger partial charge < -0.3 is 10.1 Å². The summed E-state index contributed by atoms with van der Waals surface area (Å²) in [5.41, 5.74) is -1.16. The first kappa shape index (κ1) is 18.0. The van der Waals surface area contributed by atoms with Crippen LogP contribution in [0.4, 0.5) is 18.9 Å². The van der Waals surface area contributed by atoms with Crippen molar-refractivity contribution in [2.45, 2.75) is 17.9 Å². The second-order valence-electron chi connectivity index (χ2n) is 6.57. The number of amides is 3. The number of imide groups is 1. The van der Waals surface area contributed by atoms with Crippen molar-refractivity contribution >= 4 is 35.0 Å². The number of nitrogens with zero attached hydrogens (tertiary/aromatic N) is 1. The molecule has 10 heteroatoms. The van der Waals surface area contributed by atoms with E-state index in [-0.39, 0.29) is 0 Å². The monoisotopic (exact) mass is 400 g/mol. The Balaban J connectivity index is 1.62. The molecule has 4 unspecified atom stereocenters. The molecule has 0 saturated carbocycles. The number of ether oxygens (including phenoxy) is 1. The highest BCUT2D eigenvalue weighted by Crippen LogP contribution is 2.52. The summed E-state index contributed by atoms with van der Waals surface area (Å²) < 4.78 is 43.1. The minimum absolute atomic E-state index is 0.317. The molecule has 3 amide bonds. The molecule has 6 nitrogen and oxygen atoms in total. The van der Waals surface area contributed by atoms with Gasteiger partial charge in [-0.2, -0.15) is 13.2 Å². The standard InChI is InChI=1S/C17H12ClF3N2O4/c18-8-1-3-9(4-2-8)23-13(24)11-10-5-6-16(27-10,12(11)14(23)25)7-22-15(26)17(19,20)21/h1-6,10-12H,7H2,(H,22,26). The fraction of sp³-hybridized carbons (Fsp3) is 0.353. The minimum atomic E-state index is -5.05. The molecule has 4 rings (SSSR count). The topological polar surface area (TPSA) is 75.7 Å². The largest absolute Gasteiger partial charge is 0.471 e. The lowest BCUT2D eigenvalue weighted by molar-refractivity contribution is -0.174. The van der Waals surface area contributed by atoms with Crippen LogP contribution in [0.25, 0.3) is 0 Å². The van der Waals surface area contributed by atoms with E-state index in [4.69, 9.17) is 16.3 Å². The van der Waals surface area contributed by atoms with Gasteiger partial charge in [-0.1, -0.05) is 23.8 Å². The smallest absolute Gasteiger partial charge is 0.360 e. The highest BCUT2D eigenvalue weighted by molar-refractivity contribution is 6.31. The molecule has 1 aromatic rings. The molecule has 2 bridgehead atoms. The van der Waals surface area contributed by atoms with E-state index in [0.29, 0.717) is 10.7 Å². The number of alkyl halides is 3. The number of rotatable bonds is 3. The zero-order chi connectivity index (χ0) is 19.6. The number of carbonyl (C=O) groups is 3. The van der Waals surface area contributed by atoms with Crippen LogP contribution in [0, 0.1) is 11.8 Å². The summed E-state index contributed by atoms with van der Waals surface area (Å²) in [5.74, 6) is -5.07. The number of nitrogens with one attached hydrogen (secondary N) is 1. The van der Waals surface area contributed by atoms with Gasteiger partial charge in [-0.15, -0.1) is 0 Å². The molecule has 1 N–H and O–H groups in total. The summed E-state index contributed by atoms with van der Waals surface area (Å²) in [7, 11) is 0. The van der Waals surface area contributed by atoms with Crippen LogP contribution in [0.5, 0.6) is 0 Å². The van der Waals surface area contributed by atoms with Gasteiger partial charge in [0.25, 0.3) is 0 Å². The Kier molecular flexibility index (Phi) is 3.87. The summed E-state index contributed by atoms with van der Waals surface area (Å²) in [6, 6.07) is 6.06. The number of hydrogen-bond acceptors (Lipinski definition) is 4. The van der Waals surface area contributed by atoms with Crippen LogP contribution >= 0.6 is 11.6 Å². The van der Waals surface area contributed by atoms with Gasteiger partial charge in [-0.05, 0) is 24.3 Å². The van der Waals surface area contributed by atoms with Gasteiger partial charge in [0.1, 0.15) is 5.60 Å². The molecule has 0 aromatic heterocycles. The average Bonchev–Trinajstić information content (AvgIpc) is 3.24. The zero-order valence-corrected chi connectivity index (χ0v) is 14.3. The van der Waals surface area contributed by atoms with Crippen molar-refractivity contribution in [2.24, 2.45) is 11.8 Å². The van der Waals surface area contributed by atoms with E-state index in [9.17, 15) is 27.6 Å². The Bertz CT molecular complexity index is 870. The van der Waals surface area contributed by atoms with Gasteiger partial charge in [0.15, 0.2) is 0 Å². The number of fused-ring (bicyclic) bond motifs is 5. The summed E-state index contributed by atoms with van der Waals surface area (Å²) in [6.45, 7) is -0.563. The number of anilines is 1. The fourth-order valence-corrected chi connectivity index (χ4v) is 4.00. The molecule has 3 aliphatic heterocycles. The molecular formula is C17H12ClF3N2O4. The summed E-state index contributed by atoms with van der Waals surface area (Å²) >= 11 is 5.82. The maximum atomic E-state index is 12.9. The van der Waals surface area contributed by atoms with E-state index in [1.165, 1.54) is 36.4 Å². The van der Waals surface area contributed by atoms with Gasteiger partial charge in [0.05, 0.1) is 30.2 Å². The quantitative estimate of drug-likeness (QED) is 0.620. The van der Waals surface area contributed by atoms with Gasteiger partial charge >= 0.3 is 12.1 Å². The first-order chi connectivity index (χ1) is 12.6. The van der Waals surface area contributed by atoms with Crippen LogP contribution in [0.2, 0.25) is 5.02 Å². The van der Waals surface area contributed by atoms with Gasteiger partial charge in [0, 0.05) is 5.02 Å². The van der Waals surface area contributed by atoms with Gasteiger partial charge in [-0.25, -0.2) is 4.90 Å². The number of carbonyl (C=O) groups excluding carboxylic acids is 3. The minimum Gasteiger partial charge on any atom is -0.360 e. The Hall–Kier alpha value is -2.39. The Morgan fingerprint density at radius 3 is 2.52 bits per heavy atom. The first-order valence-electron chi connectivity index (χ1n) is 8.00. The molecule has 0 radical (unpaired) electrons. The second kappa shape index (κ2) is 5.80. The lowest BCUT2D eigenvalue weighted by Gasteiger charge is -2.29. The third-order valence-electron chi connectivity index (χ3n) is 5.02. The van der Waals surface area contributed by atoms with E-state index in [0.717, 1.165) is 4.90 Å². The number of benzene rings is 1. The Labute approximate surface area is 155 Å². The third-order valence-corrected chi connectivity index (χ3v) is 5.27. The van der Waals surface area contributed by atoms with Crippen LogP contribution in [0.15, 0.2) is 36.4 Å². The molecule has 3 aliphatic rings. The van der Waals surface area contributed by atoms with E-state index in [1.54, 1.807) is 5.32 Å².